The summed E-state index contributed by atoms with van der Waals surface area (Å²) in [6, 6.07) is 11.5. The van der Waals surface area contributed by atoms with Crippen molar-refractivity contribution in [2.45, 2.75) is 19.1 Å². The van der Waals surface area contributed by atoms with Crippen LogP contribution < -0.4 is 10.1 Å². The Balaban J connectivity index is 1.65. The molecule has 1 aromatic heterocycles. The maximum Gasteiger partial charge on any atom is 0.229 e. The van der Waals surface area contributed by atoms with Crippen LogP contribution in [0.25, 0.3) is 0 Å². The number of carbonyl (C=O) groups excluding carboxylic acids is 1. The maximum absolute atomic E-state index is 13.0. The van der Waals surface area contributed by atoms with Gasteiger partial charge >= 0.3 is 0 Å². The van der Waals surface area contributed by atoms with Crippen LogP contribution in [0.15, 0.2) is 53.3 Å². The van der Waals surface area contributed by atoms with Crippen molar-refractivity contribution in [3.63, 3.8) is 0 Å². The summed E-state index contributed by atoms with van der Waals surface area (Å²) in [5, 5.41) is 6.93. The Morgan fingerprint density at radius 3 is 2.88 bits per heavy atom. The fraction of sp³-hybridized carbons (Fsp3) is 0.167. The molecule has 6 nitrogen and oxygen atoms in total. The lowest BCUT2D eigenvalue weighted by Crippen LogP contribution is -2.29. The van der Waals surface area contributed by atoms with E-state index in [-0.39, 0.29) is 30.8 Å². The Hall–Kier alpha value is -2.74. The summed E-state index contributed by atoms with van der Waals surface area (Å²) in [4.78, 5) is 16.1. The predicted octanol–water partition coefficient (Wildman–Crippen LogP) is 3.69. The van der Waals surface area contributed by atoms with Crippen molar-refractivity contribution in [3.8, 4) is 5.75 Å². The molecule has 1 aliphatic heterocycles. The Morgan fingerprint density at radius 1 is 1.27 bits per heavy atom. The minimum absolute atomic E-state index is 0.125. The van der Waals surface area contributed by atoms with Crippen molar-refractivity contribution >= 4 is 27.8 Å². The molecule has 3 aromatic rings. The van der Waals surface area contributed by atoms with E-state index in [4.69, 9.17) is 4.74 Å². The lowest BCUT2D eigenvalue weighted by molar-refractivity contribution is -0.117. The van der Waals surface area contributed by atoms with Gasteiger partial charge < -0.3 is 4.74 Å². The average molecular weight is 417 g/mol. The summed E-state index contributed by atoms with van der Waals surface area (Å²) in [6.07, 6.45) is 1.64. The second-order valence-electron chi connectivity index (χ2n) is 5.89. The molecule has 26 heavy (non-hydrogen) atoms. The summed E-state index contributed by atoms with van der Waals surface area (Å²) in [7, 11) is 0. The molecule has 0 unspecified atom stereocenters. The number of amides is 1. The van der Waals surface area contributed by atoms with Crippen LogP contribution in [-0.2, 0) is 11.4 Å². The molecule has 1 amide bonds. The number of hydrogen-bond donors (Lipinski definition) is 1. The normalized spacial score (nSPS) is 16.1. The van der Waals surface area contributed by atoms with Crippen LogP contribution in [0.3, 0.4) is 0 Å². The molecule has 1 atom stereocenters. The standard InChI is InChI=1S/C18H14BrFN4O2/c19-12-3-6-16(26-9-11-1-4-13(20)5-2-11)14(7-12)15-8-17(25)23-18-21-10-22-24(15)18/h1-7,10,15H,8-9H2,(H,21,22,23,25)/t15-/m0/s1. The van der Waals surface area contributed by atoms with Crippen LogP contribution in [0.1, 0.15) is 23.6 Å². The maximum atomic E-state index is 13.0. The minimum Gasteiger partial charge on any atom is -0.489 e. The van der Waals surface area contributed by atoms with Crippen LogP contribution in [0.5, 0.6) is 5.75 Å². The summed E-state index contributed by atoms with van der Waals surface area (Å²) in [5.74, 6) is 0.638. The number of anilines is 1. The summed E-state index contributed by atoms with van der Waals surface area (Å²) in [5.41, 5.74) is 1.67. The monoisotopic (exact) mass is 416 g/mol. The van der Waals surface area contributed by atoms with Gasteiger partial charge in [-0.25, -0.2) is 9.07 Å². The first-order valence-corrected chi connectivity index (χ1v) is 8.75. The molecule has 0 spiro atoms. The number of benzene rings is 2. The van der Waals surface area contributed by atoms with Gasteiger partial charge in [0.15, 0.2) is 0 Å². The molecule has 1 N–H and O–H groups in total. The molecule has 8 heteroatoms. The van der Waals surface area contributed by atoms with Gasteiger partial charge in [0.05, 0.1) is 12.5 Å². The highest BCUT2D eigenvalue weighted by Gasteiger charge is 2.30. The molecule has 0 saturated carbocycles. The average Bonchev–Trinajstić information content (AvgIpc) is 3.09. The van der Waals surface area contributed by atoms with Crippen LogP contribution in [0, 0.1) is 5.82 Å². The summed E-state index contributed by atoms with van der Waals surface area (Å²) >= 11 is 3.47. The van der Waals surface area contributed by atoms with E-state index in [0.29, 0.717) is 11.7 Å². The third-order valence-corrected chi connectivity index (χ3v) is 4.63. The van der Waals surface area contributed by atoms with E-state index in [1.807, 2.05) is 18.2 Å². The number of fused-ring (bicyclic) bond motifs is 1. The Bertz CT molecular complexity index is 958. The molecule has 4 rings (SSSR count). The van der Waals surface area contributed by atoms with Gasteiger partial charge in [-0.15, -0.1) is 0 Å². The fourth-order valence-corrected chi connectivity index (χ4v) is 3.28. The molecule has 0 aliphatic carbocycles. The largest absolute Gasteiger partial charge is 0.489 e. The first kappa shape index (κ1) is 16.7. The van der Waals surface area contributed by atoms with Crippen LogP contribution in [0.4, 0.5) is 10.3 Å². The van der Waals surface area contributed by atoms with Gasteiger partial charge in [0, 0.05) is 10.0 Å². The molecule has 0 bridgehead atoms. The SMILES string of the molecule is O=C1C[C@@H](c2cc(Br)ccc2OCc2ccc(F)cc2)n2ncnc2N1. The number of halogens is 2. The van der Waals surface area contributed by atoms with E-state index < -0.39 is 0 Å². The van der Waals surface area contributed by atoms with E-state index >= 15 is 0 Å². The number of aromatic nitrogens is 3. The van der Waals surface area contributed by atoms with Crippen molar-refractivity contribution < 1.29 is 13.9 Å². The number of nitrogens with zero attached hydrogens (tertiary/aromatic N) is 3. The van der Waals surface area contributed by atoms with Gasteiger partial charge in [0.25, 0.3) is 0 Å². The molecule has 1 aliphatic rings. The van der Waals surface area contributed by atoms with Crippen molar-refractivity contribution in [1.82, 2.24) is 14.8 Å². The van der Waals surface area contributed by atoms with Crippen molar-refractivity contribution in [2.75, 3.05) is 5.32 Å². The van der Waals surface area contributed by atoms with Gasteiger partial charge in [-0.05, 0) is 35.9 Å². The Kier molecular flexibility index (Phi) is 4.42. The quantitative estimate of drug-likeness (QED) is 0.703. The number of carbonyl (C=O) groups is 1. The van der Waals surface area contributed by atoms with Crippen LogP contribution in [-0.4, -0.2) is 20.7 Å². The van der Waals surface area contributed by atoms with Gasteiger partial charge in [0.1, 0.15) is 24.5 Å². The van der Waals surface area contributed by atoms with Crippen LogP contribution >= 0.6 is 15.9 Å². The van der Waals surface area contributed by atoms with Gasteiger partial charge in [0.2, 0.25) is 11.9 Å². The number of ether oxygens (including phenoxy) is 1. The smallest absolute Gasteiger partial charge is 0.229 e. The molecular weight excluding hydrogens is 403 g/mol. The molecule has 0 fully saturated rings. The highest BCUT2D eigenvalue weighted by Crippen LogP contribution is 2.36. The highest BCUT2D eigenvalue weighted by molar-refractivity contribution is 9.10. The highest BCUT2D eigenvalue weighted by atomic mass is 79.9. The van der Waals surface area contributed by atoms with E-state index in [9.17, 15) is 9.18 Å². The molecule has 0 saturated heterocycles. The number of hydrogen-bond acceptors (Lipinski definition) is 4. The first-order valence-electron chi connectivity index (χ1n) is 7.96. The van der Waals surface area contributed by atoms with E-state index in [2.05, 4.69) is 31.3 Å². The molecule has 2 heterocycles. The molecule has 0 radical (unpaired) electrons. The fourth-order valence-electron chi connectivity index (χ4n) is 2.90. The van der Waals surface area contributed by atoms with Crippen molar-refractivity contribution in [1.29, 1.82) is 0 Å². The second-order valence-corrected chi connectivity index (χ2v) is 6.81. The van der Waals surface area contributed by atoms with E-state index in [0.717, 1.165) is 15.6 Å². The Labute approximate surface area is 157 Å². The zero-order valence-electron chi connectivity index (χ0n) is 13.5. The zero-order chi connectivity index (χ0) is 18.1. The number of rotatable bonds is 4. The van der Waals surface area contributed by atoms with E-state index in [1.54, 1.807) is 16.8 Å². The minimum atomic E-state index is -0.318. The van der Waals surface area contributed by atoms with Gasteiger partial charge in [-0.3, -0.25) is 10.1 Å². The Morgan fingerprint density at radius 2 is 2.08 bits per heavy atom. The van der Waals surface area contributed by atoms with Crippen molar-refractivity contribution in [2.24, 2.45) is 0 Å². The topological polar surface area (TPSA) is 69.0 Å². The summed E-state index contributed by atoms with van der Waals surface area (Å²) < 4.78 is 21.6. The van der Waals surface area contributed by atoms with Gasteiger partial charge in [-0.1, -0.05) is 28.1 Å². The third kappa shape index (κ3) is 3.32. The number of nitrogens with one attached hydrogen (secondary N) is 1. The third-order valence-electron chi connectivity index (χ3n) is 4.14. The van der Waals surface area contributed by atoms with Crippen molar-refractivity contribution in [3.05, 3.63) is 70.2 Å². The molecule has 2 aromatic carbocycles. The lowest BCUT2D eigenvalue weighted by atomic mass is 10.0. The second kappa shape index (κ2) is 6.87. The predicted molar refractivity (Wildman–Crippen MR) is 96.3 cm³/mol. The molecular formula is C18H14BrFN4O2. The van der Waals surface area contributed by atoms with Crippen LogP contribution in [0.2, 0.25) is 0 Å². The first-order chi connectivity index (χ1) is 12.6. The summed E-state index contributed by atoms with van der Waals surface area (Å²) in [6.45, 7) is 0.290. The van der Waals surface area contributed by atoms with Gasteiger partial charge in [-0.2, -0.15) is 10.1 Å². The zero-order valence-corrected chi connectivity index (χ0v) is 15.1. The lowest BCUT2D eigenvalue weighted by Gasteiger charge is -2.25. The van der Waals surface area contributed by atoms with E-state index in [1.165, 1.54) is 18.5 Å². The molecule has 132 valence electrons.